The van der Waals surface area contributed by atoms with Crippen molar-refractivity contribution in [2.45, 2.75) is 6.18 Å². The number of H-pyrrole nitrogens is 1. The predicted octanol–water partition coefficient (Wildman–Crippen LogP) is 1.01. The number of halogens is 3. The number of aromatic amines is 1. The summed E-state index contributed by atoms with van der Waals surface area (Å²) in [5.41, 5.74) is 4.96. The van der Waals surface area contributed by atoms with E-state index in [1.165, 1.54) is 0 Å². The Morgan fingerprint density at radius 2 is 2.10 bits per heavy atom. The zero-order valence-corrected chi connectivity index (χ0v) is 4.74. The van der Waals surface area contributed by atoms with Gasteiger partial charge in [-0.15, -0.1) is 0 Å². The Balaban J connectivity index is 2.96. The highest BCUT2D eigenvalue weighted by Gasteiger charge is 2.34. The summed E-state index contributed by atoms with van der Waals surface area (Å²) in [6, 6.07) is 0. The standard InChI is InChI=1S/C4H4F3N3/c5-4(6,7)3-9-1-2(8)10-3/h1H,8H2,(H,9,10). The van der Waals surface area contributed by atoms with Gasteiger partial charge in [-0.2, -0.15) is 13.2 Å². The van der Waals surface area contributed by atoms with Gasteiger partial charge in [0.05, 0.1) is 6.20 Å². The van der Waals surface area contributed by atoms with Gasteiger partial charge in [-0.3, -0.25) is 0 Å². The molecule has 0 aromatic carbocycles. The van der Waals surface area contributed by atoms with Crippen LogP contribution in [0.15, 0.2) is 6.20 Å². The van der Waals surface area contributed by atoms with E-state index in [1.54, 1.807) is 0 Å². The summed E-state index contributed by atoms with van der Waals surface area (Å²) >= 11 is 0. The van der Waals surface area contributed by atoms with Crippen molar-refractivity contribution in [2.24, 2.45) is 0 Å². The first-order valence-corrected chi connectivity index (χ1v) is 2.38. The number of alkyl halides is 3. The molecule has 56 valence electrons. The third kappa shape index (κ3) is 1.20. The Bertz CT molecular complexity index is 226. The summed E-state index contributed by atoms with van der Waals surface area (Å²) < 4.78 is 35.0. The average molecular weight is 151 g/mol. The van der Waals surface area contributed by atoms with Gasteiger partial charge in [0, 0.05) is 0 Å². The maximum Gasteiger partial charge on any atom is 0.449 e. The van der Waals surface area contributed by atoms with Crippen molar-refractivity contribution in [1.82, 2.24) is 9.97 Å². The van der Waals surface area contributed by atoms with Crippen LogP contribution in [0.1, 0.15) is 5.82 Å². The molecular formula is C4H4F3N3. The summed E-state index contributed by atoms with van der Waals surface area (Å²) in [6.45, 7) is 0. The molecule has 0 fully saturated rings. The van der Waals surface area contributed by atoms with E-state index in [-0.39, 0.29) is 5.82 Å². The van der Waals surface area contributed by atoms with Gasteiger partial charge < -0.3 is 10.7 Å². The minimum Gasteiger partial charge on any atom is -0.384 e. The number of nitrogens with one attached hydrogen (secondary N) is 1. The SMILES string of the molecule is Nc1cnc(C(F)(F)F)[nH]1. The molecule has 0 atom stereocenters. The van der Waals surface area contributed by atoms with Crippen molar-refractivity contribution < 1.29 is 13.2 Å². The van der Waals surface area contributed by atoms with Gasteiger partial charge in [-0.1, -0.05) is 0 Å². The van der Waals surface area contributed by atoms with E-state index in [2.05, 4.69) is 4.98 Å². The molecule has 1 rings (SSSR count). The number of nitrogens with zero attached hydrogens (tertiary/aromatic N) is 1. The first kappa shape index (κ1) is 6.91. The van der Waals surface area contributed by atoms with Crippen LogP contribution in [0.5, 0.6) is 0 Å². The van der Waals surface area contributed by atoms with Crippen LogP contribution in [0.25, 0.3) is 0 Å². The molecule has 0 amide bonds. The van der Waals surface area contributed by atoms with Crippen LogP contribution in [-0.2, 0) is 6.18 Å². The average Bonchev–Trinajstić information content (AvgIpc) is 2.11. The number of imidazole rings is 1. The zero-order chi connectivity index (χ0) is 7.78. The van der Waals surface area contributed by atoms with Crippen molar-refractivity contribution in [1.29, 1.82) is 0 Å². The van der Waals surface area contributed by atoms with E-state index < -0.39 is 12.0 Å². The van der Waals surface area contributed by atoms with Gasteiger partial charge in [0.15, 0.2) is 0 Å². The zero-order valence-electron chi connectivity index (χ0n) is 4.74. The van der Waals surface area contributed by atoms with Gasteiger partial charge in [0.1, 0.15) is 5.82 Å². The summed E-state index contributed by atoms with van der Waals surface area (Å²) in [5, 5.41) is 0. The topological polar surface area (TPSA) is 54.7 Å². The van der Waals surface area contributed by atoms with Crippen LogP contribution in [0, 0.1) is 0 Å². The van der Waals surface area contributed by atoms with E-state index in [9.17, 15) is 13.2 Å². The van der Waals surface area contributed by atoms with Crippen molar-refractivity contribution in [3.8, 4) is 0 Å². The second kappa shape index (κ2) is 1.89. The number of rotatable bonds is 0. The van der Waals surface area contributed by atoms with Crippen molar-refractivity contribution >= 4 is 5.82 Å². The first-order chi connectivity index (χ1) is 4.50. The fourth-order valence-corrected chi connectivity index (χ4v) is 0.479. The van der Waals surface area contributed by atoms with Crippen LogP contribution in [-0.4, -0.2) is 9.97 Å². The third-order valence-corrected chi connectivity index (χ3v) is 0.864. The number of hydrogen-bond acceptors (Lipinski definition) is 2. The number of aromatic nitrogens is 2. The van der Waals surface area contributed by atoms with Crippen LogP contribution in [0.3, 0.4) is 0 Å². The minimum atomic E-state index is -4.43. The summed E-state index contributed by atoms with van der Waals surface area (Å²) in [4.78, 5) is 4.84. The molecule has 0 saturated heterocycles. The molecule has 0 saturated carbocycles. The van der Waals surface area contributed by atoms with Crippen molar-refractivity contribution in [3.63, 3.8) is 0 Å². The number of nitrogen functional groups attached to an aromatic ring is 1. The molecule has 0 radical (unpaired) electrons. The molecule has 0 aliphatic carbocycles. The Morgan fingerprint density at radius 1 is 1.50 bits per heavy atom. The molecule has 3 nitrogen and oxygen atoms in total. The van der Waals surface area contributed by atoms with Crippen molar-refractivity contribution in [2.75, 3.05) is 5.73 Å². The fourth-order valence-electron chi connectivity index (χ4n) is 0.479. The van der Waals surface area contributed by atoms with Gasteiger partial charge in [0.25, 0.3) is 0 Å². The Hall–Kier alpha value is -1.20. The number of anilines is 1. The highest BCUT2D eigenvalue weighted by Crippen LogP contribution is 2.26. The van der Waals surface area contributed by atoms with Gasteiger partial charge in [-0.05, 0) is 0 Å². The summed E-state index contributed by atoms with van der Waals surface area (Å²) in [6.07, 6.45) is -3.51. The molecule has 1 aromatic rings. The molecule has 0 unspecified atom stereocenters. The van der Waals surface area contributed by atoms with E-state index in [0.717, 1.165) is 6.20 Å². The Morgan fingerprint density at radius 3 is 2.30 bits per heavy atom. The van der Waals surface area contributed by atoms with Crippen LogP contribution < -0.4 is 5.73 Å². The molecule has 0 aliphatic rings. The molecule has 10 heavy (non-hydrogen) atoms. The lowest BCUT2D eigenvalue weighted by Gasteiger charge is -1.98. The fraction of sp³-hybridized carbons (Fsp3) is 0.250. The summed E-state index contributed by atoms with van der Waals surface area (Å²) in [5.74, 6) is -1.16. The van der Waals surface area contributed by atoms with Crippen LogP contribution in [0.2, 0.25) is 0 Å². The molecule has 3 N–H and O–H groups in total. The molecule has 0 bridgehead atoms. The van der Waals surface area contributed by atoms with Gasteiger partial charge in [-0.25, -0.2) is 4.98 Å². The highest BCUT2D eigenvalue weighted by molar-refractivity contribution is 5.24. The lowest BCUT2D eigenvalue weighted by Crippen LogP contribution is -2.07. The van der Waals surface area contributed by atoms with Gasteiger partial charge in [0.2, 0.25) is 5.82 Å². The second-order valence-electron chi connectivity index (χ2n) is 1.68. The lowest BCUT2D eigenvalue weighted by atomic mass is 10.6. The Labute approximate surface area is 54.1 Å². The van der Waals surface area contributed by atoms with E-state index >= 15 is 0 Å². The van der Waals surface area contributed by atoms with Crippen molar-refractivity contribution in [3.05, 3.63) is 12.0 Å². The van der Waals surface area contributed by atoms with E-state index in [0.29, 0.717) is 0 Å². The maximum absolute atomic E-state index is 11.7. The van der Waals surface area contributed by atoms with E-state index in [1.807, 2.05) is 4.98 Å². The third-order valence-electron chi connectivity index (χ3n) is 0.864. The quantitative estimate of drug-likeness (QED) is 0.581. The molecule has 0 spiro atoms. The Kier molecular flexibility index (Phi) is 1.31. The monoisotopic (exact) mass is 151 g/mol. The maximum atomic E-state index is 11.7. The lowest BCUT2D eigenvalue weighted by molar-refractivity contribution is -0.144. The summed E-state index contributed by atoms with van der Waals surface area (Å²) in [7, 11) is 0. The van der Waals surface area contributed by atoms with Crippen LogP contribution in [0.4, 0.5) is 19.0 Å². The smallest absolute Gasteiger partial charge is 0.384 e. The molecule has 0 aliphatic heterocycles. The van der Waals surface area contributed by atoms with Crippen LogP contribution >= 0.6 is 0 Å². The van der Waals surface area contributed by atoms with Gasteiger partial charge >= 0.3 is 6.18 Å². The molecule has 6 heteroatoms. The van der Waals surface area contributed by atoms with E-state index in [4.69, 9.17) is 5.73 Å². The number of nitrogens with two attached hydrogens (primary N) is 1. The first-order valence-electron chi connectivity index (χ1n) is 2.38. The highest BCUT2D eigenvalue weighted by atomic mass is 19.4. The molecular weight excluding hydrogens is 147 g/mol. The minimum absolute atomic E-state index is 0.0904. The largest absolute Gasteiger partial charge is 0.449 e. The normalized spacial score (nSPS) is 11.9. The molecule has 1 heterocycles. The predicted molar refractivity (Wildman–Crippen MR) is 28.0 cm³/mol. The molecule has 1 aromatic heterocycles. The second-order valence-corrected chi connectivity index (χ2v) is 1.68. The number of hydrogen-bond donors (Lipinski definition) is 2.